The summed E-state index contributed by atoms with van der Waals surface area (Å²) in [6, 6.07) is 11.1. The summed E-state index contributed by atoms with van der Waals surface area (Å²) in [4.78, 5) is 15.8. The first-order valence-corrected chi connectivity index (χ1v) is 16.1. The molecule has 36 heavy (non-hydrogen) atoms. The summed E-state index contributed by atoms with van der Waals surface area (Å²) < 4.78 is 55.1. The number of likely N-dealkylation sites (N-methyl/N-ethyl adjacent to an activating group) is 1. The van der Waals surface area contributed by atoms with Crippen molar-refractivity contribution in [3.63, 3.8) is 0 Å². The summed E-state index contributed by atoms with van der Waals surface area (Å²) in [6.45, 7) is 8.78. The molecule has 2 aromatic carbocycles. The average molecular weight is 556 g/mol. The molecule has 0 saturated carbocycles. The Morgan fingerprint density at radius 3 is 2.31 bits per heavy atom. The van der Waals surface area contributed by atoms with Gasteiger partial charge < -0.3 is 10.2 Å². The van der Waals surface area contributed by atoms with Gasteiger partial charge in [-0.2, -0.15) is 12.7 Å². The van der Waals surface area contributed by atoms with E-state index < -0.39 is 20.1 Å². The van der Waals surface area contributed by atoms with Gasteiger partial charge in [0.05, 0.1) is 17.4 Å². The van der Waals surface area contributed by atoms with Crippen molar-refractivity contribution < 1.29 is 21.1 Å². The molecule has 0 radical (unpaired) electrons. The van der Waals surface area contributed by atoms with E-state index in [-0.39, 0.29) is 24.1 Å². The van der Waals surface area contributed by atoms with Gasteiger partial charge in [0.25, 0.3) is 10.1 Å². The van der Waals surface area contributed by atoms with E-state index in [1.807, 2.05) is 30.3 Å². The maximum atomic E-state index is 13.5. The molecule has 0 aliphatic rings. The van der Waals surface area contributed by atoms with Crippen LogP contribution in [0.5, 0.6) is 0 Å². The first kappa shape index (κ1) is 28.5. The van der Waals surface area contributed by atoms with Crippen molar-refractivity contribution in [3.05, 3.63) is 52.2 Å². The van der Waals surface area contributed by atoms with Gasteiger partial charge in [0.15, 0.2) is 5.43 Å². The highest BCUT2D eigenvalue weighted by molar-refractivity contribution is 7.90. The molecule has 3 aromatic rings. The Labute approximate surface area is 216 Å². The van der Waals surface area contributed by atoms with Crippen molar-refractivity contribution in [2.45, 2.75) is 27.2 Å². The lowest BCUT2D eigenvalue weighted by atomic mass is 10.1. The molecule has 0 bridgehead atoms. The van der Waals surface area contributed by atoms with Gasteiger partial charge in [-0.1, -0.05) is 36.5 Å². The number of benzene rings is 2. The quantitative estimate of drug-likeness (QED) is 0.253. The van der Waals surface area contributed by atoms with Gasteiger partial charge in [0.2, 0.25) is 10.0 Å². The second-order valence-electron chi connectivity index (χ2n) is 8.31. The highest BCUT2D eigenvalue weighted by Crippen LogP contribution is 2.32. The van der Waals surface area contributed by atoms with E-state index in [2.05, 4.69) is 24.1 Å². The van der Waals surface area contributed by atoms with Crippen LogP contribution in [0.25, 0.3) is 20.2 Å². The van der Waals surface area contributed by atoms with Crippen LogP contribution in [0.3, 0.4) is 0 Å². The van der Waals surface area contributed by atoms with E-state index in [9.17, 15) is 21.6 Å². The van der Waals surface area contributed by atoms with Gasteiger partial charge in [0, 0.05) is 40.1 Å². The SMILES string of the molecule is CCN(CC)CCNc1ccc(CCN(OS(C)(=O)=O)S(=O)(=O)CC)c2sc3ccccc3c(=O)c12. The highest BCUT2D eigenvalue weighted by Gasteiger charge is 2.26. The number of sulfonamides is 1. The fourth-order valence-electron chi connectivity index (χ4n) is 3.92. The van der Waals surface area contributed by atoms with E-state index in [4.69, 9.17) is 4.28 Å². The molecule has 0 aliphatic heterocycles. The molecular weight excluding hydrogens is 522 g/mol. The van der Waals surface area contributed by atoms with Crippen LogP contribution in [0.2, 0.25) is 0 Å². The fraction of sp³-hybridized carbons (Fsp3) is 0.458. The van der Waals surface area contributed by atoms with Crippen LogP contribution in [0, 0.1) is 0 Å². The predicted molar refractivity (Wildman–Crippen MR) is 148 cm³/mol. The van der Waals surface area contributed by atoms with Crippen LogP contribution >= 0.6 is 11.3 Å². The number of hydroxylamine groups is 1. The third-order valence-corrected chi connectivity index (χ3v) is 9.30. The van der Waals surface area contributed by atoms with Crippen LogP contribution < -0.4 is 10.7 Å². The summed E-state index contributed by atoms with van der Waals surface area (Å²) in [5.41, 5.74) is 1.36. The standard InChI is InChI=1S/C24H33N3O6S3/c1-5-26(6-2)17-15-25-20-13-12-18(14-16-27(33-35(4,29)30)36(31,32)7-3)24-22(20)23(28)19-10-8-9-11-21(19)34-24/h8-13,25H,5-7,14-17H2,1-4H3. The zero-order valence-electron chi connectivity index (χ0n) is 21.0. The van der Waals surface area contributed by atoms with Gasteiger partial charge >= 0.3 is 0 Å². The number of hydrogen-bond donors (Lipinski definition) is 1. The maximum absolute atomic E-state index is 13.5. The number of fused-ring (bicyclic) bond motifs is 2. The van der Waals surface area contributed by atoms with Crippen LogP contribution in [0.15, 0.2) is 41.2 Å². The van der Waals surface area contributed by atoms with Gasteiger partial charge in [-0.05, 0) is 50.2 Å². The second kappa shape index (κ2) is 12.0. The number of anilines is 1. The van der Waals surface area contributed by atoms with Gasteiger partial charge in [-0.25, -0.2) is 8.42 Å². The summed E-state index contributed by atoms with van der Waals surface area (Å²) in [5.74, 6) is -0.309. The van der Waals surface area contributed by atoms with Gasteiger partial charge in [0.1, 0.15) is 0 Å². The Hall–Kier alpha value is -2.09. The molecule has 1 aromatic heterocycles. The van der Waals surface area contributed by atoms with Crippen molar-refractivity contribution >= 4 is 57.3 Å². The van der Waals surface area contributed by atoms with Gasteiger partial charge in [-0.15, -0.1) is 11.3 Å². The molecule has 0 atom stereocenters. The van der Waals surface area contributed by atoms with E-state index in [0.29, 0.717) is 21.8 Å². The molecule has 1 heterocycles. The van der Waals surface area contributed by atoms with Crippen LogP contribution in [0.1, 0.15) is 26.3 Å². The zero-order valence-corrected chi connectivity index (χ0v) is 23.4. The lowest BCUT2D eigenvalue weighted by molar-refractivity contribution is 0.0472. The first-order valence-electron chi connectivity index (χ1n) is 11.8. The molecule has 0 aliphatic carbocycles. The maximum Gasteiger partial charge on any atom is 0.281 e. The summed E-state index contributed by atoms with van der Waals surface area (Å²) in [6.07, 6.45) is 0.969. The molecule has 1 N–H and O–H groups in total. The summed E-state index contributed by atoms with van der Waals surface area (Å²) in [7, 11) is -7.98. The van der Waals surface area contributed by atoms with Crippen LogP contribution in [-0.2, 0) is 30.8 Å². The molecule has 3 rings (SSSR count). The molecule has 0 amide bonds. The largest absolute Gasteiger partial charge is 0.383 e. The lowest BCUT2D eigenvalue weighted by Gasteiger charge is -2.20. The minimum Gasteiger partial charge on any atom is -0.383 e. The molecular formula is C24H33N3O6S3. The van der Waals surface area contributed by atoms with Crippen molar-refractivity contribution in [2.24, 2.45) is 0 Å². The molecule has 12 heteroatoms. The highest BCUT2D eigenvalue weighted by atomic mass is 32.2. The third kappa shape index (κ3) is 6.81. The van der Waals surface area contributed by atoms with Crippen molar-refractivity contribution in [2.75, 3.05) is 50.0 Å². The number of nitrogens with zero attached hydrogens (tertiary/aromatic N) is 2. The molecule has 0 saturated heterocycles. The number of hydrogen-bond acceptors (Lipinski definition) is 9. The van der Waals surface area contributed by atoms with Crippen LogP contribution in [-0.4, -0.2) is 70.9 Å². The van der Waals surface area contributed by atoms with Gasteiger partial charge in [-0.3, -0.25) is 4.79 Å². The first-order chi connectivity index (χ1) is 17.0. The minimum absolute atomic E-state index is 0.100. The molecule has 9 nitrogen and oxygen atoms in total. The topological polar surface area (TPSA) is 113 Å². The van der Waals surface area contributed by atoms with Crippen molar-refractivity contribution in [1.82, 2.24) is 9.37 Å². The molecule has 0 fully saturated rings. The predicted octanol–water partition coefficient (Wildman–Crippen LogP) is 3.25. The molecule has 0 unspecified atom stereocenters. The summed E-state index contributed by atoms with van der Waals surface area (Å²) in [5, 5.41) is 4.57. The molecule has 0 spiro atoms. The zero-order chi connectivity index (χ0) is 26.5. The van der Waals surface area contributed by atoms with E-state index in [1.165, 1.54) is 18.3 Å². The Balaban J connectivity index is 2.04. The lowest BCUT2D eigenvalue weighted by Crippen LogP contribution is -2.36. The Morgan fingerprint density at radius 1 is 0.972 bits per heavy atom. The monoisotopic (exact) mass is 555 g/mol. The Kier molecular flexibility index (Phi) is 9.47. The Morgan fingerprint density at radius 2 is 1.67 bits per heavy atom. The van der Waals surface area contributed by atoms with E-state index >= 15 is 0 Å². The van der Waals surface area contributed by atoms with Crippen LogP contribution in [0.4, 0.5) is 5.69 Å². The van der Waals surface area contributed by atoms with E-state index in [1.54, 1.807) is 6.07 Å². The average Bonchev–Trinajstić information content (AvgIpc) is 2.84. The fourth-order valence-corrected chi connectivity index (χ4v) is 6.90. The molecule has 198 valence electrons. The Bertz CT molecular complexity index is 1480. The number of rotatable bonds is 13. The van der Waals surface area contributed by atoms with Crippen molar-refractivity contribution in [3.8, 4) is 0 Å². The minimum atomic E-state index is -4.04. The second-order valence-corrected chi connectivity index (χ2v) is 13.1. The third-order valence-electron chi connectivity index (χ3n) is 5.91. The smallest absolute Gasteiger partial charge is 0.281 e. The normalized spacial score (nSPS) is 12.7. The van der Waals surface area contributed by atoms with Crippen molar-refractivity contribution in [1.29, 1.82) is 0 Å². The summed E-state index contributed by atoms with van der Waals surface area (Å²) >= 11 is 1.46. The van der Waals surface area contributed by atoms with E-state index in [0.717, 1.165) is 46.5 Å². The number of nitrogens with one attached hydrogen (secondary N) is 1.